The molecule has 5 rings (SSSR count). The summed E-state index contributed by atoms with van der Waals surface area (Å²) in [5.41, 5.74) is 2.96. The molecular weight excluding hydrogens is 423 g/mol. The van der Waals surface area contributed by atoms with Crippen molar-refractivity contribution in [1.82, 2.24) is 24.9 Å². The molecule has 0 bridgehead atoms. The Balaban J connectivity index is 1.25. The van der Waals surface area contributed by atoms with E-state index in [1.165, 1.54) is 25.4 Å². The molecule has 2 aromatic heterocycles. The zero-order valence-corrected chi connectivity index (χ0v) is 18.0. The number of hydrogen-bond donors (Lipinski definition) is 3. The van der Waals surface area contributed by atoms with E-state index in [9.17, 15) is 9.18 Å². The van der Waals surface area contributed by atoms with Gasteiger partial charge in [0, 0.05) is 43.4 Å². The highest BCUT2D eigenvalue weighted by Gasteiger charge is 2.25. The summed E-state index contributed by atoms with van der Waals surface area (Å²) in [5.74, 6) is 1.79. The van der Waals surface area contributed by atoms with Gasteiger partial charge in [-0.3, -0.25) is 4.79 Å². The number of anilines is 4. The van der Waals surface area contributed by atoms with E-state index in [0.717, 1.165) is 43.0 Å². The molecule has 4 aromatic rings. The quantitative estimate of drug-likeness (QED) is 0.425. The lowest BCUT2D eigenvalue weighted by atomic mass is 9.96. The number of imidazole rings is 1. The third-order valence-electron chi connectivity index (χ3n) is 5.63. The fourth-order valence-electron chi connectivity index (χ4n) is 4.05. The van der Waals surface area contributed by atoms with Crippen LogP contribution in [0.1, 0.15) is 31.5 Å². The summed E-state index contributed by atoms with van der Waals surface area (Å²) >= 11 is 0. The first-order valence-corrected chi connectivity index (χ1v) is 10.8. The largest absolute Gasteiger partial charge is 0.342 e. The number of piperidine rings is 1. The second-order valence-electron chi connectivity index (χ2n) is 8.04. The van der Waals surface area contributed by atoms with Crippen molar-refractivity contribution in [2.24, 2.45) is 0 Å². The van der Waals surface area contributed by atoms with Crippen LogP contribution in [0.5, 0.6) is 0 Å². The van der Waals surface area contributed by atoms with Gasteiger partial charge in [0.2, 0.25) is 17.8 Å². The molecule has 0 atom stereocenters. The average Bonchev–Trinajstić information content (AvgIpc) is 3.22. The van der Waals surface area contributed by atoms with Crippen LogP contribution in [0, 0.1) is 5.82 Å². The summed E-state index contributed by atoms with van der Waals surface area (Å²) in [5, 5.41) is 5.92. The minimum Gasteiger partial charge on any atom is -0.342 e. The number of carbonyl (C=O) groups is 1. The molecule has 1 fully saturated rings. The van der Waals surface area contributed by atoms with Gasteiger partial charge in [-0.15, -0.1) is 0 Å². The van der Waals surface area contributed by atoms with Crippen molar-refractivity contribution >= 4 is 40.2 Å². The van der Waals surface area contributed by atoms with Crippen molar-refractivity contribution in [3.63, 3.8) is 0 Å². The Bertz CT molecular complexity index is 1300. The molecule has 33 heavy (non-hydrogen) atoms. The van der Waals surface area contributed by atoms with Crippen LogP contribution in [0.15, 0.2) is 48.8 Å². The van der Waals surface area contributed by atoms with E-state index in [1.54, 1.807) is 6.07 Å². The molecule has 0 saturated carbocycles. The number of halogens is 1. The number of benzene rings is 2. The highest BCUT2D eigenvalue weighted by molar-refractivity contribution is 5.89. The van der Waals surface area contributed by atoms with Crippen LogP contribution in [0.2, 0.25) is 0 Å². The van der Waals surface area contributed by atoms with Crippen LogP contribution in [0.3, 0.4) is 0 Å². The second kappa shape index (κ2) is 8.81. The Morgan fingerprint density at radius 2 is 1.91 bits per heavy atom. The Labute approximate surface area is 189 Å². The van der Waals surface area contributed by atoms with Gasteiger partial charge in [0.15, 0.2) is 0 Å². The number of fused-ring (bicyclic) bond motifs is 1. The van der Waals surface area contributed by atoms with Gasteiger partial charge in [0.25, 0.3) is 0 Å². The number of nitrogens with zero attached hydrogens (tertiary/aromatic N) is 5. The van der Waals surface area contributed by atoms with Gasteiger partial charge in [-0.05, 0) is 43.2 Å². The number of hydrogen-bond acceptors (Lipinski definition) is 7. The molecule has 0 unspecified atom stereocenters. The molecule has 0 spiro atoms. The fourth-order valence-corrected chi connectivity index (χ4v) is 4.05. The Kier molecular flexibility index (Phi) is 5.55. The molecule has 1 amide bonds. The minimum atomic E-state index is -0.281. The van der Waals surface area contributed by atoms with Crippen molar-refractivity contribution in [3.8, 4) is 0 Å². The zero-order valence-electron chi connectivity index (χ0n) is 18.0. The molecule has 2 aromatic carbocycles. The maximum atomic E-state index is 13.5. The molecule has 0 radical (unpaired) electrons. The smallest absolute Gasteiger partial charge is 0.231 e. The predicted octanol–water partition coefficient (Wildman–Crippen LogP) is 3.97. The molecule has 1 aliphatic heterocycles. The first-order valence-electron chi connectivity index (χ1n) is 10.8. The molecule has 1 saturated heterocycles. The lowest BCUT2D eigenvalue weighted by Gasteiger charge is -2.31. The van der Waals surface area contributed by atoms with E-state index in [1.807, 2.05) is 24.3 Å². The number of aromatic nitrogens is 5. The van der Waals surface area contributed by atoms with Crippen molar-refractivity contribution < 1.29 is 9.18 Å². The summed E-state index contributed by atoms with van der Waals surface area (Å²) in [7, 11) is 0. The van der Waals surface area contributed by atoms with E-state index >= 15 is 0 Å². The molecule has 0 aliphatic carbocycles. The normalized spacial score (nSPS) is 14.4. The van der Waals surface area contributed by atoms with Gasteiger partial charge < -0.3 is 20.5 Å². The van der Waals surface area contributed by atoms with E-state index in [4.69, 9.17) is 0 Å². The molecule has 10 heteroatoms. The van der Waals surface area contributed by atoms with E-state index < -0.39 is 0 Å². The lowest BCUT2D eigenvalue weighted by Crippen LogP contribution is -2.34. The maximum absolute atomic E-state index is 13.5. The van der Waals surface area contributed by atoms with E-state index in [2.05, 4.69) is 40.5 Å². The van der Waals surface area contributed by atoms with Crippen LogP contribution in [-0.4, -0.2) is 43.9 Å². The van der Waals surface area contributed by atoms with Crippen molar-refractivity contribution in [3.05, 3.63) is 60.4 Å². The zero-order chi connectivity index (χ0) is 22.8. The topological polar surface area (TPSA) is 112 Å². The molecule has 3 N–H and O–H groups in total. The third kappa shape index (κ3) is 4.74. The second-order valence-corrected chi connectivity index (χ2v) is 8.04. The van der Waals surface area contributed by atoms with Crippen LogP contribution in [-0.2, 0) is 4.79 Å². The molecule has 3 heterocycles. The number of H-pyrrole nitrogens is 1. The van der Waals surface area contributed by atoms with Crippen LogP contribution >= 0.6 is 0 Å². The average molecular weight is 446 g/mol. The van der Waals surface area contributed by atoms with Crippen molar-refractivity contribution in [1.29, 1.82) is 0 Å². The predicted molar refractivity (Wildman–Crippen MR) is 124 cm³/mol. The molecule has 1 aliphatic rings. The number of nitrogens with one attached hydrogen (secondary N) is 3. The van der Waals surface area contributed by atoms with Crippen LogP contribution in [0.4, 0.5) is 27.7 Å². The summed E-state index contributed by atoms with van der Waals surface area (Å²) in [6, 6.07) is 12.0. The van der Waals surface area contributed by atoms with Gasteiger partial charge in [-0.1, -0.05) is 6.07 Å². The first-order chi connectivity index (χ1) is 16.0. The monoisotopic (exact) mass is 446 g/mol. The molecular formula is C23H23FN8O. The lowest BCUT2D eigenvalue weighted by molar-refractivity contribution is -0.114. The molecule has 9 nitrogen and oxygen atoms in total. The summed E-state index contributed by atoms with van der Waals surface area (Å²) in [6.45, 7) is 3.02. The Morgan fingerprint density at radius 3 is 2.73 bits per heavy atom. The number of carbonyl (C=O) groups excluding carboxylic acids is 1. The first kappa shape index (κ1) is 20.8. The molecule has 168 valence electrons. The number of amides is 1. The van der Waals surface area contributed by atoms with Crippen molar-refractivity contribution in [2.45, 2.75) is 25.7 Å². The van der Waals surface area contributed by atoms with Gasteiger partial charge in [-0.2, -0.15) is 4.98 Å². The van der Waals surface area contributed by atoms with Gasteiger partial charge in [0.05, 0.1) is 11.0 Å². The summed E-state index contributed by atoms with van der Waals surface area (Å²) in [6.07, 6.45) is 3.26. The summed E-state index contributed by atoms with van der Waals surface area (Å²) in [4.78, 5) is 34.5. The van der Waals surface area contributed by atoms with Crippen molar-refractivity contribution in [2.75, 3.05) is 28.6 Å². The van der Waals surface area contributed by atoms with Crippen LogP contribution < -0.4 is 15.5 Å². The standard InChI is InChI=1S/C23H23FN8O/c1-14(33)27-17-3-2-4-18(12-17)28-22-25-13-26-23(31-22)32-9-7-15(8-10-32)21-29-19-6-5-16(24)11-20(19)30-21/h2-6,11-13,15H,7-10H2,1H3,(H,27,33)(H,29,30)(H,25,26,28,31). The highest BCUT2D eigenvalue weighted by Crippen LogP contribution is 2.29. The third-order valence-corrected chi connectivity index (χ3v) is 5.63. The van der Waals surface area contributed by atoms with E-state index in [0.29, 0.717) is 23.1 Å². The van der Waals surface area contributed by atoms with Crippen LogP contribution in [0.25, 0.3) is 11.0 Å². The van der Waals surface area contributed by atoms with Gasteiger partial charge >= 0.3 is 0 Å². The van der Waals surface area contributed by atoms with Gasteiger partial charge in [0.1, 0.15) is 18.0 Å². The fraction of sp³-hybridized carbons (Fsp3) is 0.261. The van der Waals surface area contributed by atoms with E-state index in [-0.39, 0.29) is 17.6 Å². The summed E-state index contributed by atoms with van der Waals surface area (Å²) < 4.78 is 13.5. The highest BCUT2D eigenvalue weighted by atomic mass is 19.1. The van der Waals surface area contributed by atoms with Gasteiger partial charge in [-0.25, -0.2) is 19.3 Å². The minimum absolute atomic E-state index is 0.132. The maximum Gasteiger partial charge on any atom is 0.231 e. The Morgan fingerprint density at radius 1 is 1.09 bits per heavy atom. The number of aromatic amines is 1. The number of rotatable bonds is 5. The SMILES string of the molecule is CC(=O)Nc1cccc(Nc2ncnc(N3CCC(c4nc5cc(F)ccc5[nH]4)CC3)n2)c1. The Hall–Kier alpha value is -4.08.